The highest BCUT2D eigenvalue weighted by molar-refractivity contribution is 5.85. The lowest BCUT2D eigenvalue weighted by atomic mass is 9.96. The number of halogens is 1. The molecular formula is C13H20ClNO. The molecule has 1 amide bonds. The summed E-state index contributed by atoms with van der Waals surface area (Å²) in [5, 5.41) is 0. The summed E-state index contributed by atoms with van der Waals surface area (Å²) >= 11 is 0. The van der Waals surface area contributed by atoms with Crippen LogP contribution in [0.25, 0.3) is 0 Å². The molecule has 1 atom stereocenters. The molecule has 0 fully saturated rings. The molecule has 2 N–H and O–H groups in total. The highest BCUT2D eigenvalue weighted by Gasteiger charge is 2.10. The first-order valence-corrected chi connectivity index (χ1v) is 5.39. The van der Waals surface area contributed by atoms with Gasteiger partial charge in [0.2, 0.25) is 5.91 Å². The third-order valence-electron chi connectivity index (χ3n) is 2.55. The largest absolute Gasteiger partial charge is 0.369 e. The highest BCUT2D eigenvalue weighted by atomic mass is 35.5. The Morgan fingerprint density at radius 1 is 1.19 bits per heavy atom. The summed E-state index contributed by atoms with van der Waals surface area (Å²) in [5.74, 6) is 0.189. The quantitative estimate of drug-likeness (QED) is 0.866. The third kappa shape index (κ3) is 4.23. The molecule has 1 unspecified atom stereocenters. The highest BCUT2D eigenvalue weighted by Crippen LogP contribution is 2.16. The zero-order valence-electron chi connectivity index (χ0n) is 10.1. The zero-order chi connectivity index (χ0) is 11.4. The maximum Gasteiger partial charge on any atom is 0.224 e. The van der Waals surface area contributed by atoms with Crippen molar-refractivity contribution in [3.8, 4) is 0 Å². The lowest BCUT2D eigenvalue weighted by Crippen LogP contribution is -2.18. The summed E-state index contributed by atoms with van der Waals surface area (Å²) in [6.07, 6.45) is 1.07. The van der Waals surface area contributed by atoms with E-state index >= 15 is 0 Å². The van der Waals surface area contributed by atoms with E-state index in [0.29, 0.717) is 5.92 Å². The minimum absolute atomic E-state index is 0. The van der Waals surface area contributed by atoms with Gasteiger partial charge in [0.15, 0.2) is 0 Å². The number of nitrogens with two attached hydrogens (primary N) is 1. The van der Waals surface area contributed by atoms with Crippen LogP contribution in [0.5, 0.6) is 0 Å². The van der Waals surface area contributed by atoms with Gasteiger partial charge in [0.05, 0.1) is 5.92 Å². The Morgan fingerprint density at radius 2 is 1.69 bits per heavy atom. The summed E-state index contributed by atoms with van der Waals surface area (Å²) in [4.78, 5) is 11.0. The molecule has 3 heteroatoms. The SMILES string of the molecule is CC(C)Cc1ccc(C(C)C(N)=O)cc1.Cl. The Balaban J connectivity index is 0.00000225. The van der Waals surface area contributed by atoms with Gasteiger partial charge in [-0.05, 0) is 30.4 Å². The van der Waals surface area contributed by atoms with Crippen LogP contribution < -0.4 is 5.73 Å². The Morgan fingerprint density at radius 3 is 2.06 bits per heavy atom. The van der Waals surface area contributed by atoms with E-state index in [-0.39, 0.29) is 24.2 Å². The molecule has 0 heterocycles. The van der Waals surface area contributed by atoms with Crippen molar-refractivity contribution < 1.29 is 4.79 Å². The van der Waals surface area contributed by atoms with Gasteiger partial charge in [0.25, 0.3) is 0 Å². The molecule has 1 aromatic carbocycles. The van der Waals surface area contributed by atoms with Gasteiger partial charge in [-0.2, -0.15) is 0 Å². The number of hydrogen-bond acceptors (Lipinski definition) is 1. The van der Waals surface area contributed by atoms with E-state index in [1.165, 1.54) is 5.56 Å². The van der Waals surface area contributed by atoms with Crippen LogP contribution in [0.2, 0.25) is 0 Å². The molecule has 90 valence electrons. The molecule has 0 aromatic heterocycles. The van der Waals surface area contributed by atoms with Crippen LogP contribution in [0.15, 0.2) is 24.3 Å². The Hall–Kier alpha value is -1.02. The molecule has 1 aromatic rings. The topological polar surface area (TPSA) is 43.1 Å². The summed E-state index contributed by atoms with van der Waals surface area (Å²) in [6.45, 7) is 6.22. The smallest absolute Gasteiger partial charge is 0.224 e. The van der Waals surface area contributed by atoms with Crippen LogP contribution in [0.3, 0.4) is 0 Å². The Bertz CT molecular complexity index is 332. The fourth-order valence-electron chi connectivity index (χ4n) is 1.58. The maximum atomic E-state index is 11.0. The van der Waals surface area contributed by atoms with Crippen molar-refractivity contribution in [3.63, 3.8) is 0 Å². The van der Waals surface area contributed by atoms with Crippen LogP contribution in [0, 0.1) is 5.92 Å². The first kappa shape index (κ1) is 15.0. The predicted octanol–water partition coefficient (Wildman–Crippen LogP) is 2.90. The average molecular weight is 242 g/mol. The predicted molar refractivity (Wildman–Crippen MR) is 69.8 cm³/mol. The van der Waals surface area contributed by atoms with E-state index in [9.17, 15) is 4.79 Å². The standard InChI is InChI=1S/C13H19NO.ClH/c1-9(2)8-11-4-6-12(7-5-11)10(3)13(14)15;/h4-7,9-10H,8H2,1-3H3,(H2,14,15);1H. The van der Waals surface area contributed by atoms with E-state index < -0.39 is 0 Å². The molecule has 0 aliphatic carbocycles. The second-order valence-corrected chi connectivity index (χ2v) is 4.46. The lowest BCUT2D eigenvalue weighted by Gasteiger charge is -2.09. The zero-order valence-corrected chi connectivity index (χ0v) is 10.9. The van der Waals surface area contributed by atoms with Crippen molar-refractivity contribution in [2.45, 2.75) is 33.1 Å². The first-order valence-electron chi connectivity index (χ1n) is 5.39. The van der Waals surface area contributed by atoms with Crippen LogP contribution >= 0.6 is 12.4 Å². The summed E-state index contributed by atoms with van der Waals surface area (Å²) in [6, 6.07) is 8.14. The molecule has 0 aliphatic rings. The van der Waals surface area contributed by atoms with E-state index in [1.807, 2.05) is 19.1 Å². The normalized spacial score (nSPS) is 12.0. The van der Waals surface area contributed by atoms with Crippen molar-refractivity contribution in [2.24, 2.45) is 11.7 Å². The van der Waals surface area contributed by atoms with Gasteiger partial charge >= 0.3 is 0 Å². The molecular weight excluding hydrogens is 222 g/mol. The minimum atomic E-state index is -0.272. The molecule has 0 bridgehead atoms. The van der Waals surface area contributed by atoms with Crippen molar-refractivity contribution in [3.05, 3.63) is 35.4 Å². The number of hydrogen-bond donors (Lipinski definition) is 1. The van der Waals surface area contributed by atoms with Gasteiger partial charge in [-0.25, -0.2) is 0 Å². The monoisotopic (exact) mass is 241 g/mol. The van der Waals surface area contributed by atoms with Gasteiger partial charge in [-0.15, -0.1) is 12.4 Å². The van der Waals surface area contributed by atoms with E-state index in [4.69, 9.17) is 5.73 Å². The fourth-order valence-corrected chi connectivity index (χ4v) is 1.58. The number of carbonyl (C=O) groups excluding carboxylic acids is 1. The Kier molecular flexibility index (Phi) is 6.12. The second-order valence-electron chi connectivity index (χ2n) is 4.46. The van der Waals surface area contributed by atoms with Crippen LogP contribution in [-0.4, -0.2) is 5.91 Å². The minimum Gasteiger partial charge on any atom is -0.369 e. The molecule has 1 rings (SSSR count). The number of primary amides is 1. The molecule has 0 radical (unpaired) electrons. The van der Waals surface area contributed by atoms with Crippen LogP contribution in [0.1, 0.15) is 37.8 Å². The van der Waals surface area contributed by atoms with Gasteiger partial charge in [-0.1, -0.05) is 38.1 Å². The van der Waals surface area contributed by atoms with Gasteiger partial charge in [0, 0.05) is 0 Å². The van der Waals surface area contributed by atoms with E-state index in [0.717, 1.165) is 12.0 Å². The number of carbonyl (C=O) groups is 1. The molecule has 16 heavy (non-hydrogen) atoms. The Labute approximate surface area is 104 Å². The number of benzene rings is 1. The van der Waals surface area contributed by atoms with Crippen molar-refractivity contribution in [1.82, 2.24) is 0 Å². The van der Waals surface area contributed by atoms with Crippen molar-refractivity contribution in [2.75, 3.05) is 0 Å². The summed E-state index contributed by atoms with van der Waals surface area (Å²) in [5.41, 5.74) is 7.55. The molecule has 0 saturated heterocycles. The first-order chi connectivity index (χ1) is 7.00. The second kappa shape index (κ2) is 6.54. The van der Waals surface area contributed by atoms with Gasteiger partial charge in [-0.3, -0.25) is 4.79 Å². The van der Waals surface area contributed by atoms with Crippen LogP contribution in [0.4, 0.5) is 0 Å². The van der Waals surface area contributed by atoms with E-state index in [1.54, 1.807) is 0 Å². The van der Waals surface area contributed by atoms with Gasteiger partial charge in [0.1, 0.15) is 0 Å². The summed E-state index contributed by atoms with van der Waals surface area (Å²) in [7, 11) is 0. The summed E-state index contributed by atoms with van der Waals surface area (Å²) < 4.78 is 0. The van der Waals surface area contributed by atoms with Crippen LogP contribution in [-0.2, 0) is 11.2 Å². The van der Waals surface area contributed by atoms with E-state index in [2.05, 4.69) is 26.0 Å². The number of amides is 1. The third-order valence-corrected chi connectivity index (χ3v) is 2.55. The molecule has 2 nitrogen and oxygen atoms in total. The number of rotatable bonds is 4. The fraction of sp³-hybridized carbons (Fsp3) is 0.462. The lowest BCUT2D eigenvalue weighted by molar-refractivity contribution is -0.119. The molecule has 0 aliphatic heterocycles. The van der Waals surface area contributed by atoms with Gasteiger partial charge < -0.3 is 5.73 Å². The maximum absolute atomic E-state index is 11.0. The van der Waals surface area contributed by atoms with Crippen molar-refractivity contribution in [1.29, 1.82) is 0 Å². The molecule has 0 saturated carbocycles. The molecule has 0 spiro atoms. The van der Waals surface area contributed by atoms with Crippen molar-refractivity contribution >= 4 is 18.3 Å². The average Bonchev–Trinajstić information content (AvgIpc) is 2.17.